The predicted molar refractivity (Wildman–Crippen MR) is 69.9 cm³/mol. The normalized spacial score (nSPS) is 10.6. The summed E-state index contributed by atoms with van der Waals surface area (Å²) < 4.78 is 4.76. The van der Waals surface area contributed by atoms with Crippen LogP contribution in [0.2, 0.25) is 0 Å². The molecule has 0 radical (unpaired) electrons. The zero-order chi connectivity index (χ0) is 13.6. The molecular weight excluding hydrogens is 228 g/mol. The Hall–Kier alpha value is -2.41. The summed E-state index contributed by atoms with van der Waals surface area (Å²) in [5.74, 6) is 15.1. The second-order valence-electron chi connectivity index (χ2n) is 2.98. The van der Waals surface area contributed by atoms with Crippen LogP contribution in [-0.4, -0.2) is 23.8 Å². The molecule has 0 fully saturated rings. The number of allylic oxidation sites excluding steroid dienone is 3. The van der Waals surface area contributed by atoms with Gasteiger partial charge in [0.15, 0.2) is 0 Å². The lowest BCUT2D eigenvalue weighted by Gasteiger charge is -2.07. The maximum Gasteiger partial charge on any atom is 0.303 e. The molecule has 0 aliphatic rings. The predicted octanol–water partition coefficient (Wildman–Crippen LogP) is 1.05. The molecule has 0 aliphatic carbocycles. The highest BCUT2D eigenvalue weighted by atomic mass is 16.5. The van der Waals surface area contributed by atoms with Crippen molar-refractivity contribution in [2.75, 3.05) is 6.61 Å². The van der Waals surface area contributed by atoms with Gasteiger partial charge < -0.3 is 9.84 Å². The minimum Gasteiger partial charge on any atom is -0.456 e. The molecule has 92 valence electrons. The van der Waals surface area contributed by atoms with Crippen molar-refractivity contribution >= 4 is 5.97 Å². The molecule has 3 heteroatoms. The van der Waals surface area contributed by atoms with Gasteiger partial charge in [-0.15, -0.1) is 0 Å². The summed E-state index contributed by atoms with van der Waals surface area (Å²) in [6.07, 6.45) is 5.79. The minimum absolute atomic E-state index is 0.279. The molecule has 1 N–H and O–H groups in total. The van der Waals surface area contributed by atoms with Crippen molar-refractivity contribution in [3.05, 3.63) is 24.3 Å². The minimum atomic E-state index is -0.667. The van der Waals surface area contributed by atoms with Crippen LogP contribution in [0.5, 0.6) is 0 Å². The van der Waals surface area contributed by atoms with Gasteiger partial charge in [-0.3, -0.25) is 4.79 Å². The standard InChI is InChI=1S/C15H14O3/c1-3-4-5-6-7-8-9-10-11-12-15(13-16)18-14(2)17/h3-4,11-12,15-16H,13H2,1-2H3. The Kier molecular flexibility index (Phi) is 9.60. The number of carbonyl (C=O) groups excluding carboxylic acids is 1. The first-order valence-corrected chi connectivity index (χ1v) is 5.27. The smallest absolute Gasteiger partial charge is 0.303 e. The van der Waals surface area contributed by atoms with Gasteiger partial charge in [0.2, 0.25) is 0 Å². The van der Waals surface area contributed by atoms with E-state index in [1.54, 1.807) is 6.08 Å². The molecule has 0 aromatic carbocycles. The molecule has 0 amide bonds. The maximum atomic E-state index is 10.6. The lowest BCUT2D eigenvalue weighted by atomic mass is 10.3. The fraction of sp³-hybridized carbons (Fsp3) is 0.267. The van der Waals surface area contributed by atoms with Gasteiger partial charge >= 0.3 is 5.97 Å². The van der Waals surface area contributed by atoms with Crippen LogP contribution < -0.4 is 0 Å². The largest absolute Gasteiger partial charge is 0.456 e. The highest BCUT2D eigenvalue weighted by Gasteiger charge is 2.04. The summed E-state index contributed by atoms with van der Waals surface area (Å²) in [4.78, 5) is 10.6. The Morgan fingerprint density at radius 3 is 2.33 bits per heavy atom. The first-order chi connectivity index (χ1) is 8.70. The van der Waals surface area contributed by atoms with Crippen LogP contribution in [0.15, 0.2) is 24.3 Å². The number of esters is 1. The van der Waals surface area contributed by atoms with Crippen molar-refractivity contribution in [3.8, 4) is 35.5 Å². The van der Waals surface area contributed by atoms with E-state index < -0.39 is 12.1 Å². The lowest BCUT2D eigenvalue weighted by Crippen LogP contribution is -2.17. The quantitative estimate of drug-likeness (QED) is 0.594. The van der Waals surface area contributed by atoms with E-state index in [-0.39, 0.29) is 6.61 Å². The number of carbonyl (C=O) groups is 1. The number of hydrogen-bond donors (Lipinski definition) is 1. The summed E-state index contributed by atoms with van der Waals surface area (Å²) in [5.41, 5.74) is 0. The van der Waals surface area contributed by atoms with E-state index in [2.05, 4.69) is 35.5 Å². The molecule has 0 heterocycles. The van der Waals surface area contributed by atoms with Gasteiger partial charge in [0.05, 0.1) is 6.61 Å². The fourth-order valence-corrected chi connectivity index (χ4v) is 0.807. The van der Waals surface area contributed by atoms with Gasteiger partial charge in [-0.05, 0) is 48.8 Å². The third kappa shape index (κ3) is 10.1. The zero-order valence-corrected chi connectivity index (χ0v) is 10.4. The Bertz CT molecular complexity index is 493. The molecular formula is C15H14O3. The Morgan fingerprint density at radius 1 is 1.22 bits per heavy atom. The molecule has 18 heavy (non-hydrogen) atoms. The third-order valence-electron chi connectivity index (χ3n) is 1.47. The third-order valence-corrected chi connectivity index (χ3v) is 1.47. The highest BCUT2D eigenvalue weighted by molar-refractivity contribution is 5.66. The molecule has 0 rings (SSSR count). The highest BCUT2D eigenvalue weighted by Crippen LogP contribution is 1.93. The van der Waals surface area contributed by atoms with E-state index in [9.17, 15) is 4.79 Å². The molecule has 0 aromatic rings. The second-order valence-corrected chi connectivity index (χ2v) is 2.98. The van der Waals surface area contributed by atoms with Crippen molar-refractivity contribution in [3.63, 3.8) is 0 Å². The van der Waals surface area contributed by atoms with Crippen LogP contribution in [0.4, 0.5) is 0 Å². The molecule has 3 nitrogen and oxygen atoms in total. The van der Waals surface area contributed by atoms with Gasteiger partial charge in [0.1, 0.15) is 6.10 Å². The SMILES string of the molecule is CC=CC#CC#CC#CC=CC(CO)OC(C)=O. The van der Waals surface area contributed by atoms with Crippen LogP contribution in [0.3, 0.4) is 0 Å². The summed E-state index contributed by atoms with van der Waals surface area (Å²) in [7, 11) is 0. The van der Waals surface area contributed by atoms with E-state index >= 15 is 0 Å². The molecule has 0 saturated heterocycles. The van der Waals surface area contributed by atoms with Crippen LogP contribution >= 0.6 is 0 Å². The maximum absolute atomic E-state index is 10.6. The molecule has 1 atom stereocenters. The monoisotopic (exact) mass is 242 g/mol. The Balaban J connectivity index is 4.24. The van der Waals surface area contributed by atoms with Gasteiger partial charge in [0, 0.05) is 6.92 Å². The van der Waals surface area contributed by atoms with Gasteiger partial charge in [0.25, 0.3) is 0 Å². The zero-order valence-electron chi connectivity index (χ0n) is 10.4. The molecule has 0 spiro atoms. The first kappa shape index (κ1) is 15.6. The number of aliphatic hydroxyl groups is 1. The number of rotatable bonds is 3. The van der Waals surface area contributed by atoms with Crippen molar-refractivity contribution in [2.24, 2.45) is 0 Å². The fourth-order valence-electron chi connectivity index (χ4n) is 0.807. The average molecular weight is 242 g/mol. The van der Waals surface area contributed by atoms with Crippen molar-refractivity contribution in [1.82, 2.24) is 0 Å². The van der Waals surface area contributed by atoms with E-state index in [1.165, 1.54) is 19.1 Å². The number of hydrogen-bond acceptors (Lipinski definition) is 3. The van der Waals surface area contributed by atoms with Crippen molar-refractivity contribution in [1.29, 1.82) is 0 Å². The molecule has 1 unspecified atom stereocenters. The summed E-state index contributed by atoms with van der Waals surface area (Å²) >= 11 is 0. The van der Waals surface area contributed by atoms with E-state index in [0.29, 0.717) is 0 Å². The topological polar surface area (TPSA) is 46.5 Å². The number of aliphatic hydroxyl groups excluding tert-OH is 1. The molecule has 0 aliphatic heterocycles. The van der Waals surface area contributed by atoms with E-state index in [1.807, 2.05) is 13.0 Å². The Morgan fingerprint density at radius 2 is 1.83 bits per heavy atom. The van der Waals surface area contributed by atoms with Gasteiger partial charge in [-0.1, -0.05) is 17.9 Å². The number of ether oxygens (including phenoxy) is 1. The summed E-state index contributed by atoms with van der Waals surface area (Å²) in [6, 6.07) is 0. The summed E-state index contributed by atoms with van der Waals surface area (Å²) in [6.45, 7) is 2.86. The average Bonchev–Trinajstić information content (AvgIpc) is 2.35. The van der Waals surface area contributed by atoms with Gasteiger partial charge in [-0.25, -0.2) is 0 Å². The Labute approximate surface area is 108 Å². The first-order valence-electron chi connectivity index (χ1n) is 5.27. The molecule has 0 saturated carbocycles. The van der Waals surface area contributed by atoms with Crippen LogP contribution in [0, 0.1) is 35.5 Å². The lowest BCUT2D eigenvalue weighted by molar-refractivity contribution is -0.145. The van der Waals surface area contributed by atoms with Crippen molar-refractivity contribution < 1.29 is 14.6 Å². The summed E-state index contributed by atoms with van der Waals surface area (Å²) in [5, 5.41) is 8.87. The second kappa shape index (κ2) is 11.1. The molecule has 0 bridgehead atoms. The molecule has 0 aromatic heterocycles. The van der Waals surface area contributed by atoms with E-state index in [0.717, 1.165) is 0 Å². The van der Waals surface area contributed by atoms with E-state index in [4.69, 9.17) is 9.84 Å². The van der Waals surface area contributed by atoms with Gasteiger partial charge in [-0.2, -0.15) is 0 Å². The van der Waals surface area contributed by atoms with Crippen LogP contribution in [-0.2, 0) is 9.53 Å². The van der Waals surface area contributed by atoms with Crippen LogP contribution in [0.25, 0.3) is 0 Å². The van der Waals surface area contributed by atoms with Crippen molar-refractivity contribution in [2.45, 2.75) is 20.0 Å². The van der Waals surface area contributed by atoms with Crippen LogP contribution in [0.1, 0.15) is 13.8 Å².